The van der Waals surface area contributed by atoms with Crippen molar-refractivity contribution in [3.05, 3.63) is 65.5 Å². The molecule has 8 heteroatoms. The maximum absolute atomic E-state index is 13.2. The lowest BCUT2D eigenvalue weighted by atomic mass is 9.84. The fourth-order valence-electron chi connectivity index (χ4n) is 4.86. The highest BCUT2D eigenvalue weighted by atomic mass is 35.5. The summed E-state index contributed by atoms with van der Waals surface area (Å²) in [6.07, 6.45) is 5.66. The average Bonchev–Trinajstić information content (AvgIpc) is 2.76. The predicted molar refractivity (Wildman–Crippen MR) is 126 cm³/mol. The Balaban J connectivity index is 1.59. The topological polar surface area (TPSA) is 53.6 Å². The Kier molecular flexibility index (Phi) is 6.79. The van der Waals surface area contributed by atoms with Gasteiger partial charge in [0, 0.05) is 6.04 Å². The van der Waals surface area contributed by atoms with Gasteiger partial charge in [0.1, 0.15) is 11.6 Å². The van der Waals surface area contributed by atoms with E-state index >= 15 is 0 Å². The van der Waals surface area contributed by atoms with Crippen molar-refractivity contribution in [2.75, 3.05) is 5.32 Å². The first kappa shape index (κ1) is 23.4. The molecule has 0 radical (unpaired) electrons. The van der Waals surface area contributed by atoms with Gasteiger partial charge in [0.25, 0.3) is 0 Å². The predicted octanol–water partition coefficient (Wildman–Crippen LogP) is 6.53. The van der Waals surface area contributed by atoms with E-state index in [-0.39, 0.29) is 24.1 Å². The van der Waals surface area contributed by atoms with Crippen molar-refractivity contribution >= 4 is 28.9 Å². The van der Waals surface area contributed by atoms with Gasteiger partial charge in [-0.05, 0) is 43.5 Å². The lowest BCUT2D eigenvalue weighted by Gasteiger charge is -2.46. The number of hydrogen-bond acceptors (Lipinski definition) is 4. The molecule has 1 amide bonds. The third-order valence-corrected chi connectivity index (χ3v) is 6.80. The Labute approximate surface area is 197 Å². The van der Waals surface area contributed by atoms with Crippen LogP contribution in [0.25, 0.3) is 0 Å². The summed E-state index contributed by atoms with van der Waals surface area (Å²) in [5.74, 6) is 0.631. The van der Waals surface area contributed by atoms with E-state index in [4.69, 9.17) is 11.6 Å². The van der Waals surface area contributed by atoms with Crippen LogP contribution in [0.2, 0.25) is 5.02 Å². The van der Waals surface area contributed by atoms with Crippen molar-refractivity contribution in [1.29, 1.82) is 0 Å². The molecule has 4 rings (SSSR count). The number of nitrogens with zero attached hydrogens (tertiary/aromatic N) is 1. The summed E-state index contributed by atoms with van der Waals surface area (Å²) in [5, 5.41) is 6.92. The van der Waals surface area contributed by atoms with E-state index in [0.717, 1.165) is 31.2 Å². The van der Waals surface area contributed by atoms with Gasteiger partial charge in [-0.2, -0.15) is 8.78 Å². The number of halogens is 3. The zero-order chi connectivity index (χ0) is 23.6. The van der Waals surface area contributed by atoms with Crippen LogP contribution in [0.4, 0.5) is 20.2 Å². The number of benzene rings is 2. The smallest absolute Gasteiger partial charge is 0.387 e. The van der Waals surface area contributed by atoms with Gasteiger partial charge >= 0.3 is 6.61 Å². The van der Waals surface area contributed by atoms with Gasteiger partial charge in [-0.15, -0.1) is 0 Å². The number of carbonyl (C=O) groups is 1. The van der Waals surface area contributed by atoms with Crippen molar-refractivity contribution in [3.8, 4) is 5.75 Å². The molecular weight excluding hydrogens is 448 g/mol. The standard InChI is InChI=1S/C25H28ClF2N3O2/c1-16-30-25(2,15-22(32)31(16)17-9-4-3-5-10-17)18-11-8-13-20(23(18)26)29-19-12-6-7-14-21(19)33-24(27)28/h6-8,11-14,17,24,29-30H,1,3-5,9-10,15H2,2H3/t25-/m0/s1. The highest BCUT2D eigenvalue weighted by molar-refractivity contribution is 6.34. The number of carbonyl (C=O) groups excluding carboxylic acids is 1. The summed E-state index contributed by atoms with van der Waals surface area (Å²) < 4.78 is 30.2. The van der Waals surface area contributed by atoms with Crippen LogP contribution >= 0.6 is 11.6 Å². The van der Waals surface area contributed by atoms with E-state index in [1.165, 1.54) is 12.5 Å². The lowest BCUT2D eigenvalue weighted by molar-refractivity contribution is -0.136. The van der Waals surface area contributed by atoms with Crippen LogP contribution in [0.5, 0.6) is 5.75 Å². The quantitative estimate of drug-likeness (QED) is 0.499. The van der Waals surface area contributed by atoms with Crippen LogP contribution in [0.15, 0.2) is 54.9 Å². The summed E-state index contributed by atoms with van der Waals surface area (Å²) in [4.78, 5) is 15.0. The fraction of sp³-hybridized carbons (Fsp3) is 0.400. The third-order valence-electron chi connectivity index (χ3n) is 6.39. The normalized spacial score (nSPS) is 21.8. The highest BCUT2D eigenvalue weighted by Gasteiger charge is 2.42. The summed E-state index contributed by atoms with van der Waals surface area (Å²) in [6.45, 7) is 3.13. The minimum absolute atomic E-state index is 0.0163. The number of para-hydroxylation sites is 2. The van der Waals surface area contributed by atoms with Crippen LogP contribution in [0.1, 0.15) is 51.0 Å². The monoisotopic (exact) mass is 475 g/mol. The van der Waals surface area contributed by atoms with Gasteiger partial charge in [-0.25, -0.2) is 0 Å². The molecule has 2 aromatic rings. The van der Waals surface area contributed by atoms with Crippen molar-refractivity contribution in [2.24, 2.45) is 0 Å². The van der Waals surface area contributed by atoms with Crippen molar-refractivity contribution in [2.45, 2.75) is 63.6 Å². The molecule has 1 aliphatic heterocycles. The first-order chi connectivity index (χ1) is 15.8. The molecule has 33 heavy (non-hydrogen) atoms. The average molecular weight is 476 g/mol. The SMILES string of the molecule is C=C1N[C@](C)(c2cccc(Nc3ccccc3OC(F)F)c2Cl)CC(=O)N1C1CCCCC1. The van der Waals surface area contributed by atoms with E-state index in [1.54, 1.807) is 24.3 Å². The maximum atomic E-state index is 13.2. The van der Waals surface area contributed by atoms with E-state index in [2.05, 4.69) is 21.9 Å². The van der Waals surface area contributed by atoms with Gasteiger partial charge in [-0.1, -0.05) is 61.7 Å². The van der Waals surface area contributed by atoms with Gasteiger partial charge in [0.2, 0.25) is 5.91 Å². The maximum Gasteiger partial charge on any atom is 0.387 e. The number of rotatable bonds is 6. The number of ether oxygens (including phenoxy) is 1. The first-order valence-corrected chi connectivity index (χ1v) is 11.6. The Morgan fingerprint density at radius 3 is 2.55 bits per heavy atom. The van der Waals surface area contributed by atoms with Gasteiger partial charge in [0.15, 0.2) is 0 Å². The van der Waals surface area contributed by atoms with Crippen molar-refractivity contribution in [3.63, 3.8) is 0 Å². The Bertz CT molecular complexity index is 1020. The number of alkyl halides is 2. The number of amides is 1. The molecule has 5 nitrogen and oxygen atoms in total. The van der Waals surface area contributed by atoms with Crippen LogP contribution in [-0.2, 0) is 10.3 Å². The van der Waals surface area contributed by atoms with Gasteiger partial charge in [0.05, 0.1) is 28.4 Å². The molecule has 2 fully saturated rings. The minimum atomic E-state index is -2.94. The molecule has 1 atom stereocenters. The second kappa shape index (κ2) is 9.59. The first-order valence-electron chi connectivity index (χ1n) is 11.2. The molecular formula is C25H28ClF2N3O2. The molecule has 1 heterocycles. The molecule has 0 bridgehead atoms. The molecule has 2 aromatic carbocycles. The highest BCUT2D eigenvalue weighted by Crippen LogP contribution is 2.41. The molecule has 176 valence electrons. The largest absolute Gasteiger partial charge is 0.433 e. The van der Waals surface area contributed by atoms with Crippen LogP contribution in [0, 0.1) is 0 Å². The molecule has 2 N–H and O–H groups in total. The van der Waals surface area contributed by atoms with Gasteiger partial charge in [-0.3, -0.25) is 9.69 Å². The Morgan fingerprint density at radius 1 is 1.15 bits per heavy atom. The van der Waals surface area contributed by atoms with E-state index in [9.17, 15) is 13.6 Å². The van der Waals surface area contributed by atoms with Crippen molar-refractivity contribution in [1.82, 2.24) is 10.2 Å². The second-order valence-corrected chi connectivity index (χ2v) is 9.18. The molecule has 1 saturated heterocycles. The Hall–Kier alpha value is -2.80. The zero-order valence-electron chi connectivity index (χ0n) is 18.5. The van der Waals surface area contributed by atoms with E-state index in [1.807, 2.05) is 24.0 Å². The van der Waals surface area contributed by atoms with Crippen molar-refractivity contribution < 1.29 is 18.3 Å². The second-order valence-electron chi connectivity index (χ2n) is 8.80. The van der Waals surface area contributed by atoms with Gasteiger partial charge < -0.3 is 15.4 Å². The molecule has 0 unspecified atom stereocenters. The third kappa shape index (κ3) is 4.93. The number of nitrogens with one attached hydrogen (secondary N) is 2. The molecule has 0 spiro atoms. The van der Waals surface area contributed by atoms with E-state index in [0.29, 0.717) is 22.2 Å². The molecule has 2 aliphatic rings. The summed E-state index contributed by atoms with van der Waals surface area (Å²) in [5.41, 5.74) is 0.852. The summed E-state index contributed by atoms with van der Waals surface area (Å²) in [7, 11) is 0. The molecule has 1 aliphatic carbocycles. The van der Waals surface area contributed by atoms with E-state index < -0.39 is 12.2 Å². The number of hydrogen-bond donors (Lipinski definition) is 2. The Morgan fingerprint density at radius 2 is 1.85 bits per heavy atom. The zero-order valence-corrected chi connectivity index (χ0v) is 19.3. The summed E-state index contributed by atoms with van der Waals surface area (Å²) >= 11 is 6.77. The lowest BCUT2D eigenvalue weighted by Crippen LogP contribution is -2.56. The molecule has 0 aromatic heterocycles. The minimum Gasteiger partial charge on any atom is -0.433 e. The summed E-state index contributed by atoms with van der Waals surface area (Å²) in [6, 6.07) is 12.0. The number of anilines is 2. The van der Waals surface area contributed by atoms with Crippen LogP contribution in [-0.4, -0.2) is 23.5 Å². The van der Waals surface area contributed by atoms with Crippen LogP contribution in [0.3, 0.4) is 0 Å². The molecule has 1 saturated carbocycles. The van der Waals surface area contributed by atoms with Crippen LogP contribution < -0.4 is 15.4 Å². The fourth-order valence-corrected chi connectivity index (χ4v) is 5.24.